The van der Waals surface area contributed by atoms with Crippen molar-refractivity contribution in [3.05, 3.63) is 142 Å². The van der Waals surface area contributed by atoms with Gasteiger partial charge in [0.25, 0.3) is 11.7 Å². The molecule has 0 radical (unpaired) electrons. The standard InChI is InChI=1S/C31H21ClN2O7S/c32-17-12-20-26(28(21(13-17)31(20)37)27-18-7-3-1-5-15(18)9-10-24(27)36)19-14-25(42)30(34(40)41)22(29(19)33(38)39)11-16-6-2-4-8-23(16)35/h1-13,28-29,35-37,42H,14H2. The minimum absolute atomic E-state index is 0.0336. The molecule has 42 heavy (non-hydrogen) atoms. The second kappa shape index (κ2) is 10.2. The lowest BCUT2D eigenvalue weighted by molar-refractivity contribution is -0.507. The van der Waals surface area contributed by atoms with Gasteiger partial charge < -0.3 is 15.3 Å². The van der Waals surface area contributed by atoms with E-state index >= 15 is 0 Å². The SMILES string of the molecule is O=[N+]([O-])C1=C(S)CC(=C2c3cc(Cl)cc(c3O)C2c2c(O)ccc3ccccc23)C([N+](=O)[O-])C1=Cc1ccccc1O. The summed E-state index contributed by atoms with van der Waals surface area (Å²) in [6.07, 6.45) is 0.953. The van der Waals surface area contributed by atoms with Gasteiger partial charge in [-0.05, 0) is 46.7 Å². The Bertz CT molecular complexity index is 1950. The van der Waals surface area contributed by atoms with Crippen molar-refractivity contribution in [1.82, 2.24) is 0 Å². The van der Waals surface area contributed by atoms with E-state index in [1.807, 2.05) is 12.1 Å². The topological polar surface area (TPSA) is 147 Å². The predicted octanol–water partition coefficient (Wildman–Crippen LogP) is 7.06. The first kappa shape index (κ1) is 27.4. The van der Waals surface area contributed by atoms with E-state index in [4.69, 9.17) is 11.6 Å². The van der Waals surface area contributed by atoms with Crippen LogP contribution in [-0.2, 0) is 0 Å². The maximum Gasteiger partial charge on any atom is 0.289 e. The maximum atomic E-state index is 12.9. The fourth-order valence-corrected chi connectivity index (χ4v) is 6.67. The molecule has 210 valence electrons. The first-order chi connectivity index (χ1) is 20.1. The van der Waals surface area contributed by atoms with Crippen molar-refractivity contribution in [3.63, 3.8) is 0 Å². The fraction of sp³-hybridized carbons (Fsp3) is 0.0968. The molecular weight excluding hydrogens is 580 g/mol. The fourth-order valence-electron chi connectivity index (χ4n) is 6.07. The molecule has 0 aliphatic heterocycles. The monoisotopic (exact) mass is 600 g/mol. The largest absolute Gasteiger partial charge is 0.508 e. The Labute approximate surface area is 249 Å². The second-order valence-corrected chi connectivity index (χ2v) is 11.0. The lowest BCUT2D eigenvalue weighted by atomic mass is 9.77. The van der Waals surface area contributed by atoms with Gasteiger partial charge in [-0.1, -0.05) is 60.1 Å². The summed E-state index contributed by atoms with van der Waals surface area (Å²) >= 11 is 10.9. The molecule has 0 aromatic heterocycles. The lowest BCUT2D eigenvalue weighted by Gasteiger charge is -2.26. The number of hydrogen-bond acceptors (Lipinski definition) is 8. The number of rotatable bonds is 4. The van der Waals surface area contributed by atoms with Crippen molar-refractivity contribution < 1.29 is 25.2 Å². The number of fused-ring (bicyclic) bond motifs is 3. The van der Waals surface area contributed by atoms with E-state index in [1.54, 1.807) is 36.4 Å². The summed E-state index contributed by atoms with van der Waals surface area (Å²) < 4.78 is 0. The number of nitro groups is 2. The summed E-state index contributed by atoms with van der Waals surface area (Å²) in [5.41, 5.74) is 0.741. The highest BCUT2D eigenvalue weighted by Gasteiger charge is 2.48. The van der Waals surface area contributed by atoms with Crippen LogP contribution in [0.5, 0.6) is 17.2 Å². The van der Waals surface area contributed by atoms with Crippen molar-refractivity contribution in [2.45, 2.75) is 18.4 Å². The van der Waals surface area contributed by atoms with Crippen LogP contribution in [0.1, 0.15) is 34.6 Å². The van der Waals surface area contributed by atoms with Crippen molar-refractivity contribution in [2.75, 3.05) is 0 Å². The Morgan fingerprint density at radius 3 is 2.36 bits per heavy atom. The molecule has 4 aromatic rings. The van der Waals surface area contributed by atoms with Crippen LogP contribution in [0.15, 0.2) is 94.5 Å². The van der Waals surface area contributed by atoms with E-state index < -0.39 is 27.5 Å². The Morgan fingerprint density at radius 2 is 1.64 bits per heavy atom. The van der Waals surface area contributed by atoms with Crippen LogP contribution < -0.4 is 0 Å². The number of aromatic hydroxyl groups is 3. The van der Waals surface area contributed by atoms with Gasteiger partial charge in [0.05, 0.1) is 9.83 Å². The molecule has 2 bridgehead atoms. The summed E-state index contributed by atoms with van der Waals surface area (Å²) in [6, 6.07) is 17.8. The van der Waals surface area contributed by atoms with Gasteiger partial charge in [-0.25, -0.2) is 0 Å². The highest BCUT2D eigenvalue weighted by atomic mass is 35.5. The average molecular weight is 601 g/mol. The van der Waals surface area contributed by atoms with E-state index in [1.165, 1.54) is 30.3 Å². The van der Waals surface area contributed by atoms with Crippen LogP contribution in [0, 0.1) is 20.2 Å². The number of benzene rings is 4. The highest BCUT2D eigenvalue weighted by molar-refractivity contribution is 7.84. The number of phenols is 3. The van der Waals surface area contributed by atoms with Crippen LogP contribution in [0.2, 0.25) is 5.02 Å². The van der Waals surface area contributed by atoms with Gasteiger partial charge in [-0.15, -0.1) is 12.6 Å². The molecule has 6 rings (SSSR count). The van der Waals surface area contributed by atoms with Crippen molar-refractivity contribution in [3.8, 4) is 17.2 Å². The molecular formula is C31H21ClN2O7S. The molecule has 9 nitrogen and oxygen atoms in total. The molecule has 0 amide bonds. The van der Waals surface area contributed by atoms with Crippen molar-refractivity contribution in [2.24, 2.45) is 0 Å². The zero-order valence-corrected chi connectivity index (χ0v) is 23.2. The molecule has 4 aromatic carbocycles. The van der Waals surface area contributed by atoms with E-state index in [2.05, 4.69) is 12.6 Å². The summed E-state index contributed by atoms with van der Waals surface area (Å²) in [7, 11) is 0. The number of nitrogens with zero attached hydrogens (tertiary/aromatic N) is 2. The normalized spacial score (nSPS) is 20.9. The molecule has 2 atom stereocenters. The first-order valence-electron chi connectivity index (χ1n) is 12.7. The Hall–Kier alpha value is -4.80. The van der Waals surface area contributed by atoms with Crippen LogP contribution in [-0.4, -0.2) is 31.2 Å². The lowest BCUT2D eigenvalue weighted by Crippen LogP contribution is -2.32. The maximum absolute atomic E-state index is 12.9. The predicted molar refractivity (Wildman–Crippen MR) is 162 cm³/mol. The second-order valence-electron chi connectivity index (χ2n) is 10.1. The molecule has 0 heterocycles. The zero-order valence-electron chi connectivity index (χ0n) is 21.6. The molecule has 3 N–H and O–H groups in total. The zero-order chi connectivity index (χ0) is 29.9. The molecule has 2 unspecified atom stereocenters. The van der Waals surface area contributed by atoms with Gasteiger partial charge in [-0.3, -0.25) is 20.2 Å². The van der Waals surface area contributed by atoms with Gasteiger partial charge in [0, 0.05) is 50.1 Å². The molecule has 0 saturated carbocycles. The molecule has 2 aliphatic rings. The highest BCUT2D eigenvalue weighted by Crippen LogP contribution is 2.58. The Kier molecular flexibility index (Phi) is 6.67. The first-order valence-corrected chi connectivity index (χ1v) is 13.6. The third kappa shape index (κ3) is 4.27. The molecule has 2 aliphatic carbocycles. The van der Waals surface area contributed by atoms with Crippen molar-refractivity contribution in [1.29, 1.82) is 0 Å². The average Bonchev–Trinajstić information content (AvgIpc) is 3.08. The summed E-state index contributed by atoms with van der Waals surface area (Å²) in [5.74, 6) is -1.36. The molecule has 11 heteroatoms. The Balaban J connectivity index is 1.72. The Morgan fingerprint density at radius 1 is 0.929 bits per heavy atom. The number of hydrogen-bond donors (Lipinski definition) is 4. The van der Waals surface area contributed by atoms with Gasteiger partial charge in [0.2, 0.25) is 0 Å². The summed E-state index contributed by atoms with van der Waals surface area (Å²) in [4.78, 5) is 23.7. The van der Waals surface area contributed by atoms with Crippen LogP contribution in [0.25, 0.3) is 22.4 Å². The van der Waals surface area contributed by atoms with Gasteiger partial charge in [0.1, 0.15) is 22.8 Å². The molecule has 0 saturated heterocycles. The van der Waals surface area contributed by atoms with Gasteiger partial charge in [-0.2, -0.15) is 0 Å². The van der Waals surface area contributed by atoms with Crippen LogP contribution in [0.4, 0.5) is 0 Å². The minimum atomic E-state index is -1.75. The number of phenolic OH excluding ortho intramolecular Hbond substituents is 3. The van der Waals surface area contributed by atoms with Crippen LogP contribution in [0.3, 0.4) is 0 Å². The third-order valence-electron chi connectivity index (χ3n) is 7.75. The van der Waals surface area contributed by atoms with Gasteiger partial charge in [0.15, 0.2) is 0 Å². The quantitative estimate of drug-likeness (QED) is 0.111. The van der Waals surface area contributed by atoms with Gasteiger partial charge >= 0.3 is 0 Å². The number of para-hydroxylation sites is 1. The van der Waals surface area contributed by atoms with E-state index in [0.717, 1.165) is 5.39 Å². The molecule has 0 spiro atoms. The minimum Gasteiger partial charge on any atom is -0.508 e. The molecule has 0 fully saturated rings. The van der Waals surface area contributed by atoms with Crippen molar-refractivity contribution >= 4 is 46.7 Å². The van der Waals surface area contributed by atoms with Crippen LogP contribution >= 0.6 is 24.2 Å². The summed E-state index contributed by atoms with van der Waals surface area (Å²) in [6.45, 7) is 0. The number of halogens is 1. The summed E-state index contributed by atoms with van der Waals surface area (Å²) in [5, 5.41) is 59.7. The number of thiol groups is 1. The number of allylic oxidation sites excluding steroid dienone is 2. The third-order valence-corrected chi connectivity index (χ3v) is 8.33. The smallest absolute Gasteiger partial charge is 0.289 e. The van der Waals surface area contributed by atoms with E-state index in [9.17, 15) is 35.5 Å². The van der Waals surface area contributed by atoms with E-state index in [0.29, 0.717) is 22.1 Å². The van der Waals surface area contributed by atoms with E-state index in [-0.39, 0.29) is 55.9 Å².